The lowest BCUT2D eigenvalue weighted by molar-refractivity contribution is -0.142. The molecule has 0 saturated carbocycles. The first-order valence-corrected chi connectivity index (χ1v) is 3.46. The summed E-state index contributed by atoms with van der Waals surface area (Å²) in [6, 6.07) is 9.60. The Morgan fingerprint density at radius 2 is 1.92 bits per heavy atom. The summed E-state index contributed by atoms with van der Waals surface area (Å²) in [4.78, 5) is 10.4. The fourth-order valence-electron chi connectivity index (χ4n) is 0.759. The van der Waals surface area contributed by atoms with Gasteiger partial charge in [0.2, 0.25) is 0 Å². The van der Waals surface area contributed by atoms with Crippen LogP contribution in [0.1, 0.15) is 12.5 Å². The van der Waals surface area contributed by atoms with Crippen LogP contribution in [-0.2, 0) is 16.1 Å². The summed E-state index contributed by atoms with van der Waals surface area (Å²) >= 11 is 0. The van der Waals surface area contributed by atoms with E-state index in [1.165, 1.54) is 6.92 Å². The lowest BCUT2D eigenvalue weighted by Gasteiger charge is -1.99. The van der Waals surface area contributed by atoms with E-state index in [-0.39, 0.29) is 29.0 Å². The van der Waals surface area contributed by atoms with Crippen molar-refractivity contribution in [2.45, 2.75) is 13.5 Å². The highest BCUT2D eigenvalue weighted by Crippen LogP contribution is 1.99. The Morgan fingerprint density at radius 3 is 2.42 bits per heavy atom. The molecular formula is C9H12MgO2. The standard InChI is InChI=1S/C9H10O2.Mg.2H/c1-8(10)11-7-9-5-3-2-4-6-9;;;/h2-6H,7H2,1H3;;;. The van der Waals surface area contributed by atoms with Crippen molar-refractivity contribution in [3.63, 3.8) is 0 Å². The Hall–Kier alpha value is -0.544. The molecule has 0 heterocycles. The molecule has 0 spiro atoms. The van der Waals surface area contributed by atoms with Gasteiger partial charge in [-0.3, -0.25) is 4.79 Å². The van der Waals surface area contributed by atoms with Crippen molar-refractivity contribution < 1.29 is 9.53 Å². The average Bonchev–Trinajstić information content (AvgIpc) is 2.03. The van der Waals surface area contributed by atoms with Crippen LogP contribution in [0.3, 0.4) is 0 Å². The molecule has 0 aromatic heterocycles. The molecule has 1 aromatic carbocycles. The largest absolute Gasteiger partial charge is 0.461 e. The second-order valence-corrected chi connectivity index (χ2v) is 2.27. The quantitative estimate of drug-likeness (QED) is 0.493. The zero-order valence-electron chi connectivity index (χ0n) is 6.41. The topological polar surface area (TPSA) is 26.3 Å². The molecule has 3 heteroatoms. The molecule has 0 aliphatic carbocycles. The van der Waals surface area contributed by atoms with Gasteiger partial charge in [0.15, 0.2) is 0 Å². The number of hydrogen-bond acceptors (Lipinski definition) is 2. The Morgan fingerprint density at radius 1 is 1.33 bits per heavy atom. The van der Waals surface area contributed by atoms with E-state index < -0.39 is 0 Å². The number of benzene rings is 1. The Balaban J connectivity index is 0.00000121. The van der Waals surface area contributed by atoms with Crippen molar-refractivity contribution in [3.8, 4) is 0 Å². The van der Waals surface area contributed by atoms with E-state index in [0.29, 0.717) is 6.61 Å². The SMILES string of the molecule is CC(=O)OCc1ccccc1.[MgH2]. The third-order valence-electron chi connectivity index (χ3n) is 1.28. The van der Waals surface area contributed by atoms with E-state index in [1.807, 2.05) is 30.3 Å². The molecule has 0 aliphatic heterocycles. The lowest BCUT2D eigenvalue weighted by atomic mass is 10.2. The first-order chi connectivity index (χ1) is 5.29. The van der Waals surface area contributed by atoms with E-state index in [9.17, 15) is 4.79 Å². The maximum absolute atomic E-state index is 10.4. The molecular weight excluding hydrogens is 164 g/mol. The second-order valence-electron chi connectivity index (χ2n) is 2.27. The fraction of sp³-hybridized carbons (Fsp3) is 0.222. The second kappa shape index (κ2) is 6.03. The molecule has 62 valence electrons. The average molecular weight is 176 g/mol. The number of esters is 1. The predicted octanol–water partition coefficient (Wildman–Crippen LogP) is 0.833. The van der Waals surface area contributed by atoms with Crippen LogP contribution in [0.2, 0.25) is 0 Å². The predicted molar refractivity (Wildman–Crippen MR) is 50.5 cm³/mol. The first kappa shape index (κ1) is 11.5. The molecule has 2 nitrogen and oxygen atoms in total. The minimum absolute atomic E-state index is 0. The smallest absolute Gasteiger partial charge is 0.316 e. The summed E-state index contributed by atoms with van der Waals surface area (Å²) in [7, 11) is 0. The van der Waals surface area contributed by atoms with E-state index in [1.54, 1.807) is 0 Å². The van der Waals surface area contributed by atoms with Gasteiger partial charge in [-0.15, -0.1) is 0 Å². The number of carbonyl (C=O) groups excluding carboxylic acids is 1. The third kappa shape index (κ3) is 4.36. The van der Waals surface area contributed by atoms with E-state index in [0.717, 1.165) is 5.56 Å². The van der Waals surface area contributed by atoms with Gasteiger partial charge >= 0.3 is 29.0 Å². The van der Waals surface area contributed by atoms with Crippen LogP contribution in [0.15, 0.2) is 30.3 Å². The van der Waals surface area contributed by atoms with Crippen molar-refractivity contribution in [2.75, 3.05) is 0 Å². The molecule has 1 rings (SSSR count). The maximum atomic E-state index is 10.4. The monoisotopic (exact) mass is 176 g/mol. The number of carbonyl (C=O) groups is 1. The molecule has 0 bridgehead atoms. The van der Waals surface area contributed by atoms with Gasteiger partial charge in [0.25, 0.3) is 0 Å². The van der Waals surface area contributed by atoms with Gasteiger partial charge in [0, 0.05) is 6.92 Å². The highest BCUT2D eigenvalue weighted by molar-refractivity contribution is 5.75. The summed E-state index contributed by atoms with van der Waals surface area (Å²) in [5.74, 6) is -0.242. The van der Waals surface area contributed by atoms with Gasteiger partial charge in [-0.05, 0) is 5.56 Å². The van der Waals surface area contributed by atoms with Crippen LogP contribution in [0, 0.1) is 0 Å². The van der Waals surface area contributed by atoms with Crippen LogP contribution in [0.25, 0.3) is 0 Å². The number of rotatable bonds is 2. The summed E-state index contributed by atoms with van der Waals surface area (Å²) < 4.78 is 4.79. The van der Waals surface area contributed by atoms with Gasteiger partial charge < -0.3 is 4.74 Å². The fourth-order valence-corrected chi connectivity index (χ4v) is 0.759. The Kier molecular flexibility index (Phi) is 5.75. The number of ether oxygens (including phenoxy) is 1. The van der Waals surface area contributed by atoms with Crippen molar-refractivity contribution in [1.82, 2.24) is 0 Å². The summed E-state index contributed by atoms with van der Waals surface area (Å²) in [5, 5.41) is 0. The Labute approximate surface area is 88.1 Å². The molecule has 0 N–H and O–H groups in total. The van der Waals surface area contributed by atoms with E-state index >= 15 is 0 Å². The van der Waals surface area contributed by atoms with Gasteiger partial charge in [-0.1, -0.05) is 30.3 Å². The van der Waals surface area contributed by atoms with E-state index in [4.69, 9.17) is 4.74 Å². The third-order valence-corrected chi connectivity index (χ3v) is 1.28. The molecule has 1 aromatic rings. The molecule has 12 heavy (non-hydrogen) atoms. The molecule has 0 amide bonds. The minimum Gasteiger partial charge on any atom is -0.461 e. The summed E-state index contributed by atoms with van der Waals surface area (Å²) in [5.41, 5.74) is 1.02. The lowest BCUT2D eigenvalue weighted by Crippen LogP contribution is -1.97. The van der Waals surface area contributed by atoms with Gasteiger partial charge in [0.05, 0.1) is 0 Å². The molecule has 0 saturated heterocycles. The van der Waals surface area contributed by atoms with Crippen molar-refractivity contribution >= 4 is 29.0 Å². The van der Waals surface area contributed by atoms with Crippen LogP contribution in [0.5, 0.6) is 0 Å². The van der Waals surface area contributed by atoms with Crippen LogP contribution < -0.4 is 0 Å². The molecule has 0 aliphatic rings. The highest BCUT2D eigenvalue weighted by Gasteiger charge is 1.93. The van der Waals surface area contributed by atoms with Crippen LogP contribution >= 0.6 is 0 Å². The van der Waals surface area contributed by atoms with E-state index in [2.05, 4.69) is 0 Å². The highest BCUT2D eigenvalue weighted by atomic mass is 24.3. The van der Waals surface area contributed by atoms with Gasteiger partial charge in [-0.2, -0.15) is 0 Å². The Bertz CT molecular complexity index is 234. The summed E-state index contributed by atoms with van der Waals surface area (Å²) in [6.07, 6.45) is 0. The molecule has 0 atom stereocenters. The zero-order chi connectivity index (χ0) is 8.10. The maximum Gasteiger partial charge on any atom is 0.316 e. The zero-order valence-corrected chi connectivity index (χ0v) is 6.41. The minimum atomic E-state index is -0.242. The molecule has 0 unspecified atom stereocenters. The molecule has 0 fully saturated rings. The normalized spacial score (nSPS) is 8.42. The van der Waals surface area contributed by atoms with Gasteiger partial charge in [-0.25, -0.2) is 0 Å². The van der Waals surface area contributed by atoms with Crippen molar-refractivity contribution in [2.24, 2.45) is 0 Å². The first-order valence-electron chi connectivity index (χ1n) is 3.46. The van der Waals surface area contributed by atoms with Gasteiger partial charge in [0.1, 0.15) is 6.61 Å². The van der Waals surface area contributed by atoms with Crippen LogP contribution in [0.4, 0.5) is 0 Å². The molecule has 0 radical (unpaired) electrons. The summed E-state index contributed by atoms with van der Waals surface area (Å²) in [6.45, 7) is 1.78. The van der Waals surface area contributed by atoms with Crippen molar-refractivity contribution in [3.05, 3.63) is 35.9 Å². The van der Waals surface area contributed by atoms with Crippen LogP contribution in [-0.4, -0.2) is 29.0 Å². The number of hydrogen-bond donors (Lipinski definition) is 0. The van der Waals surface area contributed by atoms with Crippen molar-refractivity contribution in [1.29, 1.82) is 0 Å².